The van der Waals surface area contributed by atoms with E-state index in [0.717, 1.165) is 12.1 Å². The summed E-state index contributed by atoms with van der Waals surface area (Å²) >= 11 is 0. The molecule has 0 unspecified atom stereocenters. The zero-order chi connectivity index (χ0) is 19.7. The third-order valence-electron chi connectivity index (χ3n) is 4.01. The normalized spacial score (nSPS) is 11.6. The number of alkyl halides is 3. The number of aryl methyl sites for hydroxylation is 1. The van der Waals surface area contributed by atoms with Crippen LogP contribution < -0.4 is 5.32 Å². The van der Waals surface area contributed by atoms with Gasteiger partial charge in [-0.15, -0.1) is 10.2 Å². The Balaban J connectivity index is 1.63. The minimum atomic E-state index is -4.38. The third kappa shape index (κ3) is 3.46. The Morgan fingerprint density at radius 3 is 2.32 bits per heavy atom. The lowest BCUT2D eigenvalue weighted by molar-refractivity contribution is -0.137. The number of hydrogen-bond acceptors (Lipinski definition) is 6. The van der Waals surface area contributed by atoms with E-state index in [2.05, 4.69) is 20.5 Å². The highest BCUT2D eigenvalue weighted by molar-refractivity contribution is 5.77. The Morgan fingerprint density at radius 1 is 0.929 bits per heavy atom. The molecule has 0 bridgehead atoms. The van der Waals surface area contributed by atoms with Crippen LogP contribution in [-0.2, 0) is 6.18 Å². The lowest BCUT2D eigenvalue weighted by Crippen LogP contribution is -2.04. The van der Waals surface area contributed by atoms with E-state index in [1.165, 1.54) is 18.5 Å². The number of para-hydroxylation sites is 1. The summed E-state index contributed by atoms with van der Waals surface area (Å²) in [5.41, 5.74) is 1.60. The van der Waals surface area contributed by atoms with Gasteiger partial charge in [0.1, 0.15) is 0 Å². The van der Waals surface area contributed by atoms with Gasteiger partial charge in [-0.05, 0) is 43.3 Å². The number of oxazole rings is 1. The maximum atomic E-state index is 12.7. The summed E-state index contributed by atoms with van der Waals surface area (Å²) in [4.78, 5) is 3.99. The summed E-state index contributed by atoms with van der Waals surface area (Å²) in [7, 11) is 0. The number of anilines is 2. The maximum absolute atomic E-state index is 12.7. The van der Waals surface area contributed by atoms with Crippen molar-refractivity contribution >= 4 is 11.4 Å². The highest BCUT2D eigenvalue weighted by atomic mass is 19.4. The van der Waals surface area contributed by atoms with Gasteiger partial charge < -0.3 is 14.2 Å². The SMILES string of the molecule is Cc1ncoc1-c1nnc(-c2ccccc2Nc2ccc(C(F)(F)F)cc2)o1. The number of rotatable bonds is 4. The zero-order valence-corrected chi connectivity index (χ0v) is 14.5. The Bertz CT molecular complexity index is 1100. The molecule has 0 spiro atoms. The van der Waals surface area contributed by atoms with Crippen molar-refractivity contribution < 1.29 is 22.0 Å². The van der Waals surface area contributed by atoms with Crippen molar-refractivity contribution in [3.05, 3.63) is 66.2 Å². The van der Waals surface area contributed by atoms with Gasteiger partial charge in [0.2, 0.25) is 11.7 Å². The largest absolute Gasteiger partial charge is 0.438 e. The van der Waals surface area contributed by atoms with E-state index < -0.39 is 11.7 Å². The molecule has 9 heteroatoms. The van der Waals surface area contributed by atoms with Crippen molar-refractivity contribution in [3.63, 3.8) is 0 Å². The van der Waals surface area contributed by atoms with Gasteiger partial charge in [0, 0.05) is 5.69 Å². The van der Waals surface area contributed by atoms with Crippen molar-refractivity contribution in [3.8, 4) is 23.1 Å². The van der Waals surface area contributed by atoms with Crippen molar-refractivity contribution in [2.45, 2.75) is 13.1 Å². The second kappa shape index (κ2) is 6.84. The molecule has 1 N–H and O–H groups in total. The standard InChI is InChI=1S/C19H13F3N4O2/c1-11-16(27-10-23-11)18-26-25-17(28-18)14-4-2-3-5-15(14)24-13-8-6-12(7-9-13)19(20,21)22/h2-10,24H,1H3. The first-order valence-electron chi connectivity index (χ1n) is 8.19. The van der Waals surface area contributed by atoms with E-state index >= 15 is 0 Å². The van der Waals surface area contributed by atoms with Gasteiger partial charge in [0.25, 0.3) is 5.89 Å². The summed E-state index contributed by atoms with van der Waals surface area (Å²) in [5, 5.41) is 11.1. The highest BCUT2D eigenvalue weighted by Crippen LogP contribution is 2.33. The van der Waals surface area contributed by atoms with Crippen LogP contribution in [0.5, 0.6) is 0 Å². The first-order valence-corrected chi connectivity index (χ1v) is 8.19. The second-order valence-electron chi connectivity index (χ2n) is 5.92. The molecule has 2 aromatic carbocycles. The molecule has 4 rings (SSSR count). The lowest BCUT2D eigenvalue weighted by atomic mass is 10.1. The van der Waals surface area contributed by atoms with Crippen LogP contribution in [0.25, 0.3) is 23.1 Å². The van der Waals surface area contributed by atoms with Crippen LogP contribution in [0.4, 0.5) is 24.5 Å². The minimum Gasteiger partial charge on any atom is -0.438 e. The van der Waals surface area contributed by atoms with Crippen molar-refractivity contribution in [2.24, 2.45) is 0 Å². The quantitative estimate of drug-likeness (QED) is 0.502. The molecule has 4 aromatic rings. The molecule has 0 saturated carbocycles. The minimum absolute atomic E-state index is 0.189. The molecule has 0 aliphatic rings. The Morgan fingerprint density at radius 2 is 1.64 bits per heavy atom. The van der Waals surface area contributed by atoms with Crippen molar-refractivity contribution in [1.82, 2.24) is 15.2 Å². The summed E-state index contributed by atoms with van der Waals surface area (Å²) < 4.78 is 49.1. The van der Waals surface area contributed by atoms with Crippen LogP contribution in [0.3, 0.4) is 0 Å². The molecule has 0 aliphatic carbocycles. The van der Waals surface area contributed by atoms with E-state index in [1.54, 1.807) is 31.2 Å². The average Bonchev–Trinajstić information content (AvgIpc) is 3.31. The van der Waals surface area contributed by atoms with Gasteiger partial charge >= 0.3 is 6.18 Å². The molecule has 0 fully saturated rings. The number of benzene rings is 2. The Hall–Kier alpha value is -3.62. The first kappa shape index (κ1) is 17.8. The molecule has 0 radical (unpaired) electrons. The molecule has 2 heterocycles. The fourth-order valence-electron chi connectivity index (χ4n) is 2.61. The molecule has 142 valence electrons. The predicted molar refractivity (Wildman–Crippen MR) is 94.7 cm³/mol. The van der Waals surface area contributed by atoms with Gasteiger partial charge in [0.05, 0.1) is 22.5 Å². The van der Waals surface area contributed by atoms with Gasteiger partial charge in [-0.2, -0.15) is 13.2 Å². The molecule has 0 atom stereocenters. The fraction of sp³-hybridized carbons (Fsp3) is 0.105. The van der Waals surface area contributed by atoms with Crippen molar-refractivity contribution in [2.75, 3.05) is 5.32 Å². The molecule has 2 aromatic heterocycles. The van der Waals surface area contributed by atoms with E-state index in [9.17, 15) is 13.2 Å². The molecule has 6 nitrogen and oxygen atoms in total. The van der Waals surface area contributed by atoms with E-state index in [-0.39, 0.29) is 11.8 Å². The number of halogens is 3. The Kier molecular flexibility index (Phi) is 4.34. The summed E-state index contributed by atoms with van der Waals surface area (Å²) in [6.07, 6.45) is -3.09. The molecule has 0 aliphatic heterocycles. The number of nitrogens with zero attached hydrogens (tertiary/aromatic N) is 3. The molecule has 28 heavy (non-hydrogen) atoms. The predicted octanol–water partition coefficient (Wildman–Crippen LogP) is 5.46. The summed E-state index contributed by atoms with van der Waals surface area (Å²) in [6, 6.07) is 11.8. The Labute approximate surface area is 157 Å². The van der Waals surface area contributed by atoms with Crippen LogP contribution in [0, 0.1) is 6.92 Å². The van der Waals surface area contributed by atoms with Crippen LogP contribution in [-0.4, -0.2) is 15.2 Å². The van der Waals surface area contributed by atoms with E-state index in [4.69, 9.17) is 8.83 Å². The zero-order valence-electron chi connectivity index (χ0n) is 14.5. The topological polar surface area (TPSA) is 77.0 Å². The third-order valence-corrected chi connectivity index (χ3v) is 4.01. The first-order chi connectivity index (χ1) is 13.4. The summed E-state index contributed by atoms with van der Waals surface area (Å²) in [5.74, 6) is 0.807. The van der Waals surface area contributed by atoms with E-state index in [1.807, 2.05) is 0 Å². The molecule has 0 amide bonds. The van der Waals surface area contributed by atoms with Crippen LogP contribution in [0.15, 0.2) is 63.8 Å². The molecule has 0 saturated heterocycles. The number of nitrogens with one attached hydrogen (secondary N) is 1. The lowest BCUT2D eigenvalue weighted by Gasteiger charge is -2.11. The average molecular weight is 386 g/mol. The number of aromatic nitrogens is 3. The molecular formula is C19H13F3N4O2. The number of hydrogen-bond donors (Lipinski definition) is 1. The molecular weight excluding hydrogens is 373 g/mol. The van der Waals surface area contributed by atoms with Crippen LogP contribution in [0.2, 0.25) is 0 Å². The fourth-order valence-corrected chi connectivity index (χ4v) is 2.61. The van der Waals surface area contributed by atoms with Gasteiger partial charge in [-0.3, -0.25) is 0 Å². The van der Waals surface area contributed by atoms with Crippen molar-refractivity contribution in [1.29, 1.82) is 0 Å². The van der Waals surface area contributed by atoms with E-state index in [0.29, 0.717) is 28.4 Å². The monoisotopic (exact) mass is 386 g/mol. The second-order valence-corrected chi connectivity index (χ2v) is 5.92. The van der Waals surface area contributed by atoms with Gasteiger partial charge in [-0.25, -0.2) is 4.98 Å². The highest BCUT2D eigenvalue weighted by Gasteiger charge is 2.30. The summed E-state index contributed by atoms with van der Waals surface area (Å²) in [6.45, 7) is 1.75. The van der Waals surface area contributed by atoms with Crippen LogP contribution in [0.1, 0.15) is 11.3 Å². The maximum Gasteiger partial charge on any atom is 0.416 e. The smallest absolute Gasteiger partial charge is 0.416 e. The van der Waals surface area contributed by atoms with Crippen LogP contribution >= 0.6 is 0 Å². The van der Waals surface area contributed by atoms with Gasteiger partial charge in [0.15, 0.2) is 6.39 Å². The van der Waals surface area contributed by atoms with Gasteiger partial charge in [-0.1, -0.05) is 12.1 Å².